The van der Waals surface area contributed by atoms with Crippen LogP contribution in [0.5, 0.6) is 0 Å². The molecule has 0 spiro atoms. The first-order chi connectivity index (χ1) is 8.54. The quantitative estimate of drug-likeness (QED) is 0.737. The summed E-state index contributed by atoms with van der Waals surface area (Å²) in [7, 11) is 0. The van der Waals surface area contributed by atoms with E-state index in [1.807, 2.05) is 0 Å². The number of nitrogens with one attached hydrogen (secondary N) is 1. The summed E-state index contributed by atoms with van der Waals surface area (Å²) in [4.78, 5) is 0. The van der Waals surface area contributed by atoms with Crippen LogP contribution < -0.4 is 5.32 Å². The number of halogens is 3. The van der Waals surface area contributed by atoms with Crippen LogP contribution in [0.2, 0.25) is 0 Å². The summed E-state index contributed by atoms with van der Waals surface area (Å²) < 4.78 is 41.9. The minimum Gasteiger partial charge on any atom is -0.394 e. The number of benzene rings is 1. The van der Waals surface area contributed by atoms with Crippen molar-refractivity contribution in [1.29, 1.82) is 0 Å². The van der Waals surface area contributed by atoms with E-state index in [0.717, 1.165) is 17.7 Å². The van der Waals surface area contributed by atoms with Crippen LogP contribution in [0.15, 0.2) is 24.3 Å². The Morgan fingerprint density at radius 3 is 2.33 bits per heavy atom. The van der Waals surface area contributed by atoms with Gasteiger partial charge < -0.3 is 15.2 Å². The Labute approximate surface area is 104 Å². The molecular weight excluding hydrogens is 247 g/mol. The number of aliphatic hydroxyl groups excluding tert-OH is 1. The van der Waals surface area contributed by atoms with Crippen molar-refractivity contribution in [3.63, 3.8) is 0 Å². The highest BCUT2D eigenvalue weighted by Gasteiger charge is 2.29. The van der Waals surface area contributed by atoms with Gasteiger partial charge in [-0.05, 0) is 17.7 Å². The molecule has 3 nitrogen and oxygen atoms in total. The lowest BCUT2D eigenvalue weighted by molar-refractivity contribution is -0.137. The molecule has 0 aliphatic rings. The number of aliphatic hydroxyl groups is 1. The van der Waals surface area contributed by atoms with Gasteiger partial charge in [0.15, 0.2) is 0 Å². The first-order valence-corrected chi connectivity index (χ1v) is 5.59. The van der Waals surface area contributed by atoms with Crippen molar-refractivity contribution in [1.82, 2.24) is 5.32 Å². The highest BCUT2D eigenvalue weighted by Crippen LogP contribution is 2.28. The van der Waals surface area contributed by atoms with Gasteiger partial charge >= 0.3 is 6.18 Å². The number of hydrogen-bond acceptors (Lipinski definition) is 3. The second-order valence-electron chi connectivity index (χ2n) is 3.71. The zero-order valence-corrected chi connectivity index (χ0v) is 9.83. The Morgan fingerprint density at radius 1 is 1.11 bits per heavy atom. The van der Waals surface area contributed by atoms with Gasteiger partial charge in [-0.2, -0.15) is 13.2 Å². The van der Waals surface area contributed by atoms with Gasteiger partial charge in [0.05, 0.1) is 25.4 Å². The summed E-state index contributed by atoms with van der Waals surface area (Å²) in [6, 6.07) is 5.04. The van der Waals surface area contributed by atoms with Crippen LogP contribution in [-0.2, 0) is 17.5 Å². The third kappa shape index (κ3) is 5.48. The van der Waals surface area contributed by atoms with Gasteiger partial charge in [-0.25, -0.2) is 0 Å². The average molecular weight is 263 g/mol. The van der Waals surface area contributed by atoms with Crippen molar-refractivity contribution in [3.05, 3.63) is 35.4 Å². The number of hydrogen-bond donors (Lipinski definition) is 2. The van der Waals surface area contributed by atoms with Crippen LogP contribution >= 0.6 is 0 Å². The molecule has 0 saturated carbocycles. The van der Waals surface area contributed by atoms with Crippen LogP contribution in [0.25, 0.3) is 0 Å². The molecule has 0 radical (unpaired) electrons. The molecule has 0 heterocycles. The molecule has 1 rings (SSSR count). The van der Waals surface area contributed by atoms with E-state index in [1.54, 1.807) is 0 Å². The molecule has 0 amide bonds. The van der Waals surface area contributed by atoms with Gasteiger partial charge in [-0.15, -0.1) is 0 Å². The maximum absolute atomic E-state index is 12.3. The van der Waals surface area contributed by atoms with E-state index < -0.39 is 11.7 Å². The van der Waals surface area contributed by atoms with E-state index in [-0.39, 0.29) is 6.61 Å². The molecule has 0 aliphatic heterocycles. The summed E-state index contributed by atoms with van der Waals surface area (Å²) in [5.41, 5.74) is 0.141. The smallest absolute Gasteiger partial charge is 0.394 e. The topological polar surface area (TPSA) is 41.5 Å². The zero-order valence-electron chi connectivity index (χ0n) is 9.83. The van der Waals surface area contributed by atoms with Gasteiger partial charge in [-0.1, -0.05) is 12.1 Å². The normalized spacial score (nSPS) is 11.8. The zero-order chi connectivity index (χ0) is 13.4. The minimum atomic E-state index is -4.29. The van der Waals surface area contributed by atoms with Gasteiger partial charge in [0.1, 0.15) is 0 Å². The Morgan fingerprint density at radius 2 is 1.78 bits per heavy atom. The SMILES string of the molecule is OCCOCCNCc1ccc(C(F)(F)F)cc1. The predicted octanol–water partition coefficient (Wildman–Crippen LogP) is 1.80. The lowest BCUT2D eigenvalue weighted by Gasteiger charge is -2.08. The molecule has 0 atom stereocenters. The molecule has 0 aliphatic carbocycles. The largest absolute Gasteiger partial charge is 0.416 e. The van der Waals surface area contributed by atoms with Crippen LogP contribution in [0.4, 0.5) is 13.2 Å². The highest BCUT2D eigenvalue weighted by atomic mass is 19.4. The molecule has 1 aromatic rings. The predicted molar refractivity (Wildman–Crippen MR) is 61.1 cm³/mol. The van der Waals surface area contributed by atoms with E-state index >= 15 is 0 Å². The molecule has 1 aromatic carbocycles. The molecule has 0 fully saturated rings. The van der Waals surface area contributed by atoms with Crippen molar-refractivity contribution < 1.29 is 23.0 Å². The molecule has 0 saturated heterocycles. The molecule has 2 N–H and O–H groups in total. The highest BCUT2D eigenvalue weighted by molar-refractivity contribution is 5.24. The third-order valence-corrected chi connectivity index (χ3v) is 2.27. The Balaban J connectivity index is 2.27. The maximum atomic E-state index is 12.3. The second-order valence-corrected chi connectivity index (χ2v) is 3.71. The fraction of sp³-hybridized carbons (Fsp3) is 0.500. The summed E-state index contributed by atoms with van der Waals surface area (Å²) in [6.45, 7) is 1.81. The van der Waals surface area contributed by atoms with Gasteiger partial charge in [0, 0.05) is 13.1 Å². The molecular formula is C12H16F3NO2. The van der Waals surface area contributed by atoms with Crippen LogP contribution in [0.3, 0.4) is 0 Å². The third-order valence-electron chi connectivity index (χ3n) is 2.27. The van der Waals surface area contributed by atoms with Gasteiger partial charge in [0.2, 0.25) is 0 Å². The van der Waals surface area contributed by atoms with E-state index in [2.05, 4.69) is 5.32 Å². The van der Waals surface area contributed by atoms with E-state index in [9.17, 15) is 13.2 Å². The summed E-state index contributed by atoms with van der Waals surface area (Å²) in [5.74, 6) is 0. The summed E-state index contributed by atoms with van der Waals surface area (Å²) in [6.07, 6.45) is -4.29. The van der Waals surface area contributed by atoms with Crippen LogP contribution in [0.1, 0.15) is 11.1 Å². The fourth-order valence-electron chi connectivity index (χ4n) is 1.36. The maximum Gasteiger partial charge on any atom is 0.416 e. The first kappa shape index (κ1) is 14.9. The van der Waals surface area contributed by atoms with Gasteiger partial charge in [0.25, 0.3) is 0 Å². The number of rotatable bonds is 7. The molecule has 18 heavy (non-hydrogen) atoms. The molecule has 102 valence electrons. The number of ether oxygens (including phenoxy) is 1. The van der Waals surface area contributed by atoms with Gasteiger partial charge in [-0.3, -0.25) is 0 Å². The second kappa shape index (κ2) is 7.35. The monoisotopic (exact) mass is 263 g/mol. The van der Waals surface area contributed by atoms with Crippen molar-refractivity contribution in [2.75, 3.05) is 26.4 Å². The summed E-state index contributed by atoms with van der Waals surface area (Å²) in [5, 5.41) is 11.5. The van der Waals surface area contributed by atoms with Crippen molar-refractivity contribution >= 4 is 0 Å². The van der Waals surface area contributed by atoms with E-state index in [1.165, 1.54) is 12.1 Å². The fourth-order valence-corrected chi connectivity index (χ4v) is 1.36. The lowest BCUT2D eigenvalue weighted by atomic mass is 10.1. The summed E-state index contributed by atoms with van der Waals surface area (Å²) >= 11 is 0. The average Bonchev–Trinajstić information content (AvgIpc) is 2.33. The lowest BCUT2D eigenvalue weighted by Crippen LogP contribution is -2.20. The standard InChI is InChI=1S/C12H16F3NO2/c13-12(14,15)11-3-1-10(2-4-11)9-16-5-7-18-8-6-17/h1-4,16-17H,5-9H2. The van der Waals surface area contributed by atoms with Crippen LogP contribution in [-0.4, -0.2) is 31.5 Å². The Bertz CT molecular complexity index is 338. The van der Waals surface area contributed by atoms with E-state index in [0.29, 0.717) is 26.3 Å². The number of alkyl halides is 3. The Kier molecular flexibility index (Phi) is 6.11. The minimum absolute atomic E-state index is 0.0150. The van der Waals surface area contributed by atoms with Crippen molar-refractivity contribution in [2.45, 2.75) is 12.7 Å². The first-order valence-electron chi connectivity index (χ1n) is 5.59. The van der Waals surface area contributed by atoms with Crippen molar-refractivity contribution in [3.8, 4) is 0 Å². The van der Waals surface area contributed by atoms with E-state index in [4.69, 9.17) is 9.84 Å². The molecule has 0 bridgehead atoms. The molecule has 6 heteroatoms. The molecule has 0 aromatic heterocycles. The Hall–Kier alpha value is -1.11. The molecule has 0 unspecified atom stereocenters. The van der Waals surface area contributed by atoms with Crippen molar-refractivity contribution in [2.24, 2.45) is 0 Å². The van der Waals surface area contributed by atoms with Crippen LogP contribution in [0, 0.1) is 0 Å².